The van der Waals surface area contributed by atoms with E-state index in [1.54, 1.807) is 11.3 Å². The number of allylic oxidation sites excluding steroid dienone is 2. The van der Waals surface area contributed by atoms with Crippen LogP contribution in [0, 0.1) is 5.92 Å². The normalized spacial score (nSPS) is 29.4. The number of hydrogen-bond acceptors (Lipinski definition) is 4. The van der Waals surface area contributed by atoms with E-state index in [1.165, 1.54) is 17.5 Å². The topological polar surface area (TPSA) is 51.2 Å². The minimum atomic E-state index is -0.0204. The molecule has 3 unspecified atom stereocenters. The van der Waals surface area contributed by atoms with Gasteiger partial charge in [0, 0.05) is 18.6 Å². The minimum absolute atomic E-state index is 0.0204. The summed E-state index contributed by atoms with van der Waals surface area (Å²) in [6.07, 6.45) is 12.8. The smallest absolute Gasteiger partial charge is 0.224 e. The Morgan fingerprint density at radius 1 is 1.18 bits per heavy atom. The summed E-state index contributed by atoms with van der Waals surface area (Å²) in [6.45, 7) is 0.775. The SMILES string of the molecule is O=C(NC1CCOC2(CCCC2)C1)C1CC=CCC1c1nc2ccccc2s1. The maximum absolute atomic E-state index is 13.3. The van der Waals surface area contributed by atoms with E-state index in [2.05, 4.69) is 35.7 Å². The lowest BCUT2D eigenvalue weighted by Crippen LogP contribution is -2.49. The van der Waals surface area contributed by atoms with Crippen molar-refractivity contribution in [2.24, 2.45) is 5.92 Å². The van der Waals surface area contributed by atoms with Crippen molar-refractivity contribution in [3.8, 4) is 0 Å². The van der Waals surface area contributed by atoms with Gasteiger partial charge in [-0.3, -0.25) is 4.79 Å². The van der Waals surface area contributed by atoms with E-state index in [4.69, 9.17) is 9.72 Å². The summed E-state index contributed by atoms with van der Waals surface area (Å²) in [7, 11) is 0. The van der Waals surface area contributed by atoms with Gasteiger partial charge in [0.25, 0.3) is 0 Å². The quantitative estimate of drug-likeness (QED) is 0.747. The molecule has 2 fully saturated rings. The predicted octanol–water partition coefficient (Wildman–Crippen LogP) is 4.95. The van der Waals surface area contributed by atoms with Gasteiger partial charge >= 0.3 is 0 Å². The highest BCUT2D eigenvalue weighted by molar-refractivity contribution is 7.18. The van der Waals surface area contributed by atoms with Crippen LogP contribution in [0.1, 0.15) is 62.3 Å². The number of nitrogens with one attached hydrogen (secondary N) is 1. The molecule has 1 aromatic carbocycles. The van der Waals surface area contributed by atoms with Crippen LogP contribution in [0.3, 0.4) is 0 Å². The van der Waals surface area contributed by atoms with E-state index in [9.17, 15) is 4.79 Å². The van der Waals surface area contributed by atoms with Crippen LogP contribution >= 0.6 is 11.3 Å². The summed E-state index contributed by atoms with van der Waals surface area (Å²) in [5, 5.41) is 4.50. The van der Waals surface area contributed by atoms with Gasteiger partial charge in [0.15, 0.2) is 0 Å². The van der Waals surface area contributed by atoms with Crippen molar-refractivity contribution in [1.82, 2.24) is 10.3 Å². The molecule has 1 N–H and O–H groups in total. The first-order valence-corrected chi connectivity index (χ1v) is 11.5. The van der Waals surface area contributed by atoms with Crippen LogP contribution in [0.2, 0.25) is 0 Å². The Morgan fingerprint density at radius 2 is 2.00 bits per heavy atom. The number of para-hydroxylation sites is 1. The molecule has 1 amide bonds. The Balaban J connectivity index is 1.32. The highest BCUT2D eigenvalue weighted by atomic mass is 32.1. The predicted molar refractivity (Wildman–Crippen MR) is 113 cm³/mol. The molecule has 4 nitrogen and oxygen atoms in total. The lowest BCUT2D eigenvalue weighted by atomic mass is 9.82. The van der Waals surface area contributed by atoms with Crippen molar-refractivity contribution in [3.05, 3.63) is 41.4 Å². The number of ether oxygens (including phenoxy) is 1. The maximum atomic E-state index is 13.3. The number of nitrogens with zero attached hydrogens (tertiary/aromatic N) is 1. The number of thiazole rings is 1. The van der Waals surface area contributed by atoms with Crippen LogP contribution in [-0.2, 0) is 9.53 Å². The summed E-state index contributed by atoms with van der Waals surface area (Å²) in [5.41, 5.74) is 1.08. The van der Waals surface area contributed by atoms with Gasteiger partial charge < -0.3 is 10.1 Å². The molecule has 1 saturated heterocycles. The largest absolute Gasteiger partial charge is 0.375 e. The molecular formula is C23H28N2O2S. The number of amides is 1. The molecule has 2 aliphatic carbocycles. The number of fused-ring (bicyclic) bond motifs is 1. The van der Waals surface area contributed by atoms with Crippen molar-refractivity contribution in [3.63, 3.8) is 0 Å². The van der Waals surface area contributed by atoms with Gasteiger partial charge in [-0.25, -0.2) is 4.98 Å². The van der Waals surface area contributed by atoms with E-state index < -0.39 is 0 Å². The van der Waals surface area contributed by atoms with Crippen LogP contribution in [0.25, 0.3) is 10.2 Å². The van der Waals surface area contributed by atoms with Crippen LogP contribution in [-0.4, -0.2) is 29.1 Å². The molecule has 5 heteroatoms. The summed E-state index contributed by atoms with van der Waals surface area (Å²) in [5.74, 6) is 0.365. The Hall–Kier alpha value is -1.72. The first-order chi connectivity index (χ1) is 13.7. The second-order valence-electron chi connectivity index (χ2n) is 8.61. The Bertz CT molecular complexity index is 851. The van der Waals surface area contributed by atoms with Crippen LogP contribution < -0.4 is 5.32 Å². The third-order valence-electron chi connectivity index (χ3n) is 6.75. The average Bonchev–Trinajstić information content (AvgIpc) is 3.35. The van der Waals surface area contributed by atoms with E-state index in [0.29, 0.717) is 0 Å². The fraction of sp³-hybridized carbons (Fsp3) is 0.565. The second-order valence-corrected chi connectivity index (χ2v) is 9.67. The lowest BCUT2D eigenvalue weighted by Gasteiger charge is -2.39. The minimum Gasteiger partial charge on any atom is -0.375 e. The summed E-state index contributed by atoms with van der Waals surface area (Å²) in [6, 6.07) is 8.51. The zero-order valence-corrected chi connectivity index (χ0v) is 17.0. The molecule has 28 heavy (non-hydrogen) atoms. The zero-order chi connectivity index (χ0) is 19.0. The van der Waals surface area contributed by atoms with Gasteiger partial charge in [0.1, 0.15) is 0 Å². The Labute approximate surface area is 170 Å². The number of aromatic nitrogens is 1. The molecule has 3 aliphatic rings. The summed E-state index contributed by atoms with van der Waals surface area (Å²) < 4.78 is 7.34. The van der Waals surface area contributed by atoms with Crippen molar-refractivity contribution >= 4 is 27.5 Å². The Morgan fingerprint density at radius 3 is 2.86 bits per heavy atom. The van der Waals surface area contributed by atoms with Gasteiger partial charge in [-0.05, 0) is 50.7 Å². The van der Waals surface area contributed by atoms with Crippen molar-refractivity contribution in [2.45, 2.75) is 68.9 Å². The van der Waals surface area contributed by atoms with Gasteiger partial charge in [-0.15, -0.1) is 11.3 Å². The van der Waals surface area contributed by atoms with Crippen LogP contribution in [0.15, 0.2) is 36.4 Å². The first-order valence-electron chi connectivity index (χ1n) is 10.7. The molecule has 0 bridgehead atoms. The third-order valence-corrected chi connectivity index (χ3v) is 7.92. The standard InChI is InChI=1S/C23H28N2O2S/c26-21(24-16-11-14-27-23(15-16)12-5-6-13-23)17-7-1-2-8-18(17)22-25-19-9-3-4-10-20(19)28-22/h1-4,9-10,16-18H,5-8,11-15H2,(H,24,26). The summed E-state index contributed by atoms with van der Waals surface area (Å²) in [4.78, 5) is 18.1. The first kappa shape index (κ1) is 18.3. The lowest BCUT2D eigenvalue weighted by molar-refractivity contribution is -0.129. The van der Waals surface area contributed by atoms with Gasteiger partial charge in [-0.1, -0.05) is 37.1 Å². The second kappa shape index (κ2) is 7.60. The molecule has 2 heterocycles. The molecule has 1 saturated carbocycles. The molecule has 5 rings (SSSR count). The van der Waals surface area contributed by atoms with E-state index in [1.807, 2.05) is 6.07 Å². The summed E-state index contributed by atoms with van der Waals surface area (Å²) >= 11 is 1.74. The van der Waals surface area contributed by atoms with E-state index in [0.717, 1.165) is 55.7 Å². The monoisotopic (exact) mass is 396 g/mol. The van der Waals surface area contributed by atoms with Crippen molar-refractivity contribution in [1.29, 1.82) is 0 Å². The molecule has 1 aliphatic heterocycles. The number of carbonyl (C=O) groups is 1. The number of carbonyl (C=O) groups excluding carboxylic acids is 1. The molecule has 1 aromatic heterocycles. The fourth-order valence-corrected chi connectivity index (χ4v) is 6.40. The maximum Gasteiger partial charge on any atom is 0.224 e. The Kier molecular flexibility index (Phi) is 4.97. The fourth-order valence-electron chi connectivity index (χ4n) is 5.25. The molecule has 1 spiro atoms. The van der Waals surface area contributed by atoms with Crippen LogP contribution in [0.4, 0.5) is 0 Å². The van der Waals surface area contributed by atoms with Crippen molar-refractivity contribution in [2.75, 3.05) is 6.61 Å². The van der Waals surface area contributed by atoms with Crippen LogP contribution in [0.5, 0.6) is 0 Å². The number of hydrogen-bond donors (Lipinski definition) is 1. The molecular weight excluding hydrogens is 368 g/mol. The van der Waals surface area contributed by atoms with Gasteiger partial charge in [0.2, 0.25) is 5.91 Å². The number of rotatable bonds is 3. The molecule has 2 aromatic rings. The highest BCUT2D eigenvalue weighted by Crippen LogP contribution is 2.41. The average molecular weight is 397 g/mol. The number of benzene rings is 1. The third kappa shape index (κ3) is 3.50. The van der Waals surface area contributed by atoms with E-state index in [-0.39, 0.29) is 29.4 Å². The highest BCUT2D eigenvalue weighted by Gasteiger charge is 2.41. The van der Waals surface area contributed by atoms with Crippen molar-refractivity contribution < 1.29 is 9.53 Å². The molecule has 0 radical (unpaired) electrons. The van der Waals surface area contributed by atoms with E-state index >= 15 is 0 Å². The zero-order valence-electron chi connectivity index (χ0n) is 16.2. The van der Waals surface area contributed by atoms with Gasteiger partial charge in [0.05, 0.1) is 26.7 Å². The van der Waals surface area contributed by atoms with Gasteiger partial charge in [-0.2, -0.15) is 0 Å². The molecule has 3 atom stereocenters. The molecule has 148 valence electrons.